The largest absolute Gasteiger partial charge is 0.348 e. The number of nitrogens with zero attached hydrogens (tertiary/aromatic N) is 3. The molecule has 2 aromatic heterocycles. The number of amides is 1. The van der Waals surface area contributed by atoms with E-state index in [-0.39, 0.29) is 24.3 Å². The van der Waals surface area contributed by atoms with Crippen molar-refractivity contribution in [1.82, 2.24) is 20.1 Å². The molecule has 6 heteroatoms. The van der Waals surface area contributed by atoms with Crippen LogP contribution in [0.4, 0.5) is 4.39 Å². The van der Waals surface area contributed by atoms with E-state index in [1.807, 2.05) is 50.2 Å². The fourth-order valence-corrected chi connectivity index (χ4v) is 3.51. The maximum absolute atomic E-state index is 13.3. The molecule has 4 aromatic rings. The Morgan fingerprint density at radius 2 is 1.83 bits per heavy atom. The second-order valence-corrected chi connectivity index (χ2v) is 7.01. The highest BCUT2D eigenvalue weighted by molar-refractivity contribution is 5.95. The van der Waals surface area contributed by atoms with E-state index in [4.69, 9.17) is 0 Å². The van der Waals surface area contributed by atoms with E-state index in [0.717, 1.165) is 27.8 Å². The first kappa shape index (κ1) is 18.8. The van der Waals surface area contributed by atoms with Crippen molar-refractivity contribution in [3.8, 4) is 11.1 Å². The maximum Gasteiger partial charge on any atom is 0.242 e. The lowest BCUT2D eigenvalue weighted by Gasteiger charge is -2.14. The first-order chi connectivity index (χ1) is 14.0. The van der Waals surface area contributed by atoms with Gasteiger partial charge in [-0.15, -0.1) is 0 Å². The molecule has 0 radical (unpaired) electrons. The van der Waals surface area contributed by atoms with E-state index in [1.54, 1.807) is 23.0 Å². The fraction of sp³-hybridized carbons (Fsp3) is 0.174. The molecular formula is C23H21FN4O. The molecule has 5 nitrogen and oxygen atoms in total. The van der Waals surface area contributed by atoms with Gasteiger partial charge in [-0.05, 0) is 48.7 Å². The van der Waals surface area contributed by atoms with Crippen molar-refractivity contribution in [3.05, 3.63) is 83.9 Å². The molecule has 2 heterocycles. The number of hydrogen-bond donors (Lipinski definition) is 1. The van der Waals surface area contributed by atoms with Crippen molar-refractivity contribution >= 4 is 16.9 Å². The lowest BCUT2D eigenvalue weighted by molar-refractivity contribution is -0.122. The van der Waals surface area contributed by atoms with Gasteiger partial charge in [-0.2, -0.15) is 5.10 Å². The third-order valence-corrected chi connectivity index (χ3v) is 4.93. The van der Waals surface area contributed by atoms with Gasteiger partial charge in [-0.25, -0.2) is 14.1 Å². The number of aromatic nitrogens is 3. The molecule has 0 spiro atoms. The number of halogens is 1. The van der Waals surface area contributed by atoms with Crippen LogP contribution in [0.25, 0.3) is 22.2 Å². The number of carbonyl (C=O) groups excluding carboxylic acids is 1. The normalized spacial score (nSPS) is 12.1. The number of carbonyl (C=O) groups is 1. The molecule has 0 aliphatic carbocycles. The Kier molecular flexibility index (Phi) is 5.08. The van der Waals surface area contributed by atoms with Crippen molar-refractivity contribution in [2.24, 2.45) is 0 Å². The standard InChI is InChI=1S/C23H21FN4O/c1-15(17-6-4-3-5-7-17)26-21(29)14-28-23-22(16(2)27-28)20(12-13-25-23)18-8-10-19(24)11-9-18/h3-13,15H,14H2,1-2H3,(H,26,29). The van der Waals surface area contributed by atoms with E-state index in [0.29, 0.717) is 5.65 Å². The van der Waals surface area contributed by atoms with Crippen LogP contribution in [0.5, 0.6) is 0 Å². The van der Waals surface area contributed by atoms with Gasteiger partial charge < -0.3 is 5.32 Å². The molecule has 1 amide bonds. The number of benzene rings is 2. The predicted octanol–water partition coefficient (Wildman–Crippen LogP) is 4.42. The minimum absolute atomic E-state index is 0.0708. The van der Waals surface area contributed by atoms with Gasteiger partial charge in [-0.3, -0.25) is 4.79 Å². The zero-order valence-corrected chi connectivity index (χ0v) is 16.3. The molecule has 0 fully saturated rings. The van der Waals surface area contributed by atoms with Gasteiger partial charge in [0.1, 0.15) is 12.4 Å². The number of pyridine rings is 1. The highest BCUT2D eigenvalue weighted by atomic mass is 19.1. The van der Waals surface area contributed by atoms with Crippen LogP contribution >= 0.6 is 0 Å². The summed E-state index contributed by atoms with van der Waals surface area (Å²) in [6, 6.07) is 17.9. The lowest BCUT2D eigenvalue weighted by Crippen LogP contribution is -2.30. The molecule has 146 valence electrons. The Bertz CT molecular complexity index is 1150. The fourth-order valence-electron chi connectivity index (χ4n) is 3.51. The summed E-state index contributed by atoms with van der Waals surface area (Å²) in [5, 5.41) is 8.40. The van der Waals surface area contributed by atoms with E-state index >= 15 is 0 Å². The van der Waals surface area contributed by atoms with Gasteiger partial charge in [0.15, 0.2) is 5.65 Å². The monoisotopic (exact) mass is 388 g/mol. The first-order valence-electron chi connectivity index (χ1n) is 9.45. The Morgan fingerprint density at radius 1 is 1.10 bits per heavy atom. The van der Waals surface area contributed by atoms with Crippen LogP contribution in [0.1, 0.15) is 24.2 Å². The predicted molar refractivity (Wildman–Crippen MR) is 111 cm³/mol. The van der Waals surface area contributed by atoms with Gasteiger partial charge in [0.2, 0.25) is 5.91 Å². The highest BCUT2D eigenvalue weighted by Gasteiger charge is 2.17. The SMILES string of the molecule is Cc1nn(CC(=O)NC(C)c2ccccc2)c2nccc(-c3ccc(F)cc3)c12. The van der Waals surface area contributed by atoms with Gasteiger partial charge in [0, 0.05) is 11.6 Å². The maximum atomic E-state index is 13.3. The lowest BCUT2D eigenvalue weighted by atomic mass is 10.0. The van der Waals surface area contributed by atoms with Gasteiger partial charge >= 0.3 is 0 Å². The molecule has 1 N–H and O–H groups in total. The molecule has 1 atom stereocenters. The zero-order valence-electron chi connectivity index (χ0n) is 16.3. The zero-order chi connectivity index (χ0) is 20.4. The molecule has 29 heavy (non-hydrogen) atoms. The number of hydrogen-bond acceptors (Lipinski definition) is 3. The summed E-state index contributed by atoms with van der Waals surface area (Å²) in [5.74, 6) is -0.421. The van der Waals surface area contributed by atoms with Crippen LogP contribution < -0.4 is 5.32 Å². The number of rotatable bonds is 5. The van der Waals surface area contributed by atoms with E-state index in [9.17, 15) is 9.18 Å². The summed E-state index contributed by atoms with van der Waals surface area (Å²) in [5.41, 5.74) is 4.24. The quantitative estimate of drug-likeness (QED) is 0.550. The third kappa shape index (κ3) is 3.87. The molecule has 0 saturated carbocycles. The molecule has 4 rings (SSSR count). The van der Waals surface area contributed by atoms with E-state index < -0.39 is 0 Å². The minimum atomic E-state index is -0.282. The van der Waals surface area contributed by atoms with Crippen molar-refractivity contribution < 1.29 is 9.18 Å². The summed E-state index contributed by atoms with van der Waals surface area (Å²) in [6.45, 7) is 3.91. The van der Waals surface area contributed by atoms with Gasteiger partial charge in [-0.1, -0.05) is 42.5 Å². The Morgan fingerprint density at radius 3 is 2.55 bits per heavy atom. The molecule has 0 saturated heterocycles. The smallest absolute Gasteiger partial charge is 0.242 e. The molecule has 0 bridgehead atoms. The molecular weight excluding hydrogens is 367 g/mol. The topological polar surface area (TPSA) is 59.8 Å². The summed E-state index contributed by atoms with van der Waals surface area (Å²) in [7, 11) is 0. The van der Waals surface area contributed by atoms with Crippen LogP contribution in [0.15, 0.2) is 66.9 Å². The van der Waals surface area contributed by atoms with Crippen LogP contribution in [0, 0.1) is 12.7 Å². The van der Waals surface area contributed by atoms with Crippen molar-refractivity contribution in [3.63, 3.8) is 0 Å². The molecule has 0 aliphatic rings. The van der Waals surface area contributed by atoms with Crippen LogP contribution in [0.3, 0.4) is 0 Å². The van der Waals surface area contributed by atoms with Crippen molar-refractivity contribution in [2.75, 3.05) is 0 Å². The average molecular weight is 388 g/mol. The van der Waals surface area contributed by atoms with Crippen LogP contribution in [-0.4, -0.2) is 20.7 Å². The first-order valence-corrected chi connectivity index (χ1v) is 9.45. The minimum Gasteiger partial charge on any atom is -0.348 e. The van der Waals surface area contributed by atoms with Crippen molar-refractivity contribution in [1.29, 1.82) is 0 Å². The molecule has 1 unspecified atom stereocenters. The summed E-state index contributed by atoms with van der Waals surface area (Å²) >= 11 is 0. The van der Waals surface area contributed by atoms with Crippen LogP contribution in [0.2, 0.25) is 0 Å². The van der Waals surface area contributed by atoms with E-state index in [2.05, 4.69) is 15.4 Å². The number of fused-ring (bicyclic) bond motifs is 1. The number of aryl methyl sites for hydroxylation is 1. The van der Waals surface area contributed by atoms with Gasteiger partial charge in [0.25, 0.3) is 0 Å². The third-order valence-electron chi connectivity index (χ3n) is 4.93. The second-order valence-electron chi connectivity index (χ2n) is 7.01. The average Bonchev–Trinajstić information content (AvgIpc) is 3.04. The van der Waals surface area contributed by atoms with Crippen LogP contribution in [-0.2, 0) is 11.3 Å². The highest BCUT2D eigenvalue weighted by Crippen LogP contribution is 2.29. The Labute approximate surface area is 168 Å². The van der Waals surface area contributed by atoms with E-state index in [1.165, 1.54) is 12.1 Å². The Hall–Kier alpha value is -3.54. The number of nitrogens with one attached hydrogen (secondary N) is 1. The summed E-state index contributed by atoms with van der Waals surface area (Å²) in [6.07, 6.45) is 1.68. The Balaban J connectivity index is 1.61. The molecule has 0 aliphatic heterocycles. The molecule has 2 aromatic carbocycles. The van der Waals surface area contributed by atoms with Crippen molar-refractivity contribution in [2.45, 2.75) is 26.4 Å². The van der Waals surface area contributed by atoms with Gasteiger partial charge in [0.05, 0.1) is 11.7 Å². The second kappa shape index (κ2) is 7.83. The summed E-state index contributed by atoms with van der Waals surface area (Å²) < 4.78 is 14.9. The summed E-state index contributed by atoms with van der Waals surface area (Å²) in [4.78, 5) is 17.0.